The molecule has 0 spiro atoms. The van der Waals surface area contributed by atoms with Crippen molar-refractivity contribution in [2.45, 2.75) is 17.9 Å². The van der Waals surface area contributed by atoms with Gasteiger partial charge in [-0.05, 0) is 48.5 Å². The van der Waals surface area contributed by atoms with E-state index >= 15 is 0 Å². The summed E-state index contributed by atoms with van der Waals surface area (Å²) >= 11 is 25.2. The average molecular weight is 649 g/mol. The highest BCUT2D eigenvalue weighted by molar-refractivity contribution is 7.99. The number of para-hydroxylation sites is 1. The topological polar surface area (TPSA) is 88.9 Å². The molecule has 0 aliphatic heterocycles. The van der Waals surface area contributed by atoms with Crippen molar-refractivity contribution in [3.63, 3.8) is 0 Å². The molecule has 2 amide bonds. The lowest BCUT2D eigenvalue weighted by atomic mass is 10.1. The number of thioether (sulfide) groups is 1. The highest BCUT2D eigenvalue weighted by Gasteiger charge is 2.33. The number of carbonyl (C=O) groups is 2. The lowest BCUT2D eigenvalue weighted by molar-refractivity contribution is -0.137. The number of carbonyl (C=O) groups excluding carboxylic acids is 2. The van der Waals surface area contributed by atoms with Crippen LogP contribution in [0.5, 0.6) is 0 Å². The molecule has 40 heavy (non-hydrogen) atoms. The van der Waals surface area contributed by atoms with E-state index in [0.717, 1.165) is 23.9 Å². The fraction of sp³-hybridized carbons (Fsp3) is 0.120. The zero-order valence-electron chi connectivity index (χ0n) is 19.9. The third kappa shape index (κ3) is 7.21. The van der Waals surface area contributed by atoms with E-state index in [0.29, 0.717) is 15.7 Å². The molecule has 0 unspecified atom stereocenters. The van der Waals surface area contributed by atoms with Crippen LogP contribution in [0.2, 0.25) is 20.1 Å². The van der Waals surface area contributed by atoms with Gasteiger partial charge in [0, 0.05) is 5.02 Å². The van der Waals surface area contributed by atoms with Gasteiger partial charge in [-0.3, -0.25) is 14.2 Å². The first-order valence-electron chi connectivity index (χ1n) is 11.2. The summed E-state index contributed by atoms with van der Waals surface area (Å²) in [6.07, 6.45) is -4.64. The van der Waals surface area contributed by atoms with Crippen LogP contribution in [0.25, 0.3) is 5.69 Å². The number of benzene rings is 3. The maximum Gasteiger partial charge on any atom is 0.418 e. The molecule has 3 aromatic carbocycles. The number of rotatable bonds is 8. The van der Waals surface area contributed by atoms with Crippen LogP contribution >= 0.6 is 58.2 Å². The standard InChI is InChI=1S/C25H16Cl4F3N5O2S/c26-13-5-7-15(18(28)9-13)23(39)33-11-21-35-36-24(37(21)14-6-8-17(27)19(29)10-14)40-12-22(38)34-20-4-2-1-3-16(20)25(30,31)32/h1-10H,11-12H2,(H,33,39)(H,34,38). The fourth-order valence-corrected chi connectivity index (χ4v) is 5.03. The van der Waals surface area contributed by atoms with Crippen molar-refractivity contribution in [2.24, 2.45) is 0 Å². The van der Waals surface area contributed by atoms with Crippen LogP contribution < -0.4 is 10.6 Å². The smallest absolute Gasteiger partial charge is 0.345 e. The Bertz CT molecular complexity index is 1580. The van der Waals surface area contributed by atoms with Crippen LogP contribution in [-0.2, 0) is 17.5 Å². The van der Waals surface area contributed by atoms with Gasteiger partial charge in [-0.25, -0.2) is 0 Å². The number of hydrogen-bond donors (Lipinski definition) is 2. The van der Waals surface area contributed by atoms with Gasteiger partial charge < -0.3 is 10.6 Å². The lowest BCUT2D eigenvalue weighted by Crippen LogP contribution is -2.25. The quantitative estimate of drug-likeness (QED) is 0.193. The Morgan fingerprint density at radius 3 is 2.35 bits per heavy atom. The highest BCUT2D eigenvalue weighted by atomic mass is 35.5. The largest absolute Gasteiger partial charge is 0.418 e. The summed E-state index contributed by atoms with van der Waals surface area (Å²) < 4.78 is 41.4. The van der Waals surface area contributed by atoms with E-state index in [1.807, 2.05) is 0 Å². The Balaban J connectivity index is 1.55. The Morgan fingerprint density at radius 1 is 0.900 bits per heavy atom. The van der Waals surface area contributed by atoms with E-state index in [9.17, 15) is 22.8 Å². The number of alkyl halides is 3. The second kappa shape index (κ2) is 12.7. The summed E-state index contributed by atoms with van der Waals surface area (Å²) in [5.74, 6) is -1.22. The first-order chi connectivity index (χ1) is 18.9. The second-order valence-electron chi connectivity index (χ2n) is 8.02. The number of halogens is 7. The van der Waals surface area contributed by atoms with Crippen molar-refractivity contribution < 1.29 is 22.8 Å². The summed E-state index contributed by atoms with van der Waals surface area (Å²) in [4.78, 5) is 25.3. The molecule has 7 nitrogen and oxygen atoms in total. The number of amides is 2. The van der Waals surface area contributed by atoms with Crippen LogP contribution in [0, 0.1) is 0 Å². The molecular formula is C25H16Cl4F3N5O2S. The third-order valence-corrected chi connectivity index (χ3v) is 7.50. The zero-order chi connectivity index (χ0) is 29.0. The SMILES string of the molecule is O=C(CSc1nnc(CNC(=O)c2ccc(Cl)cc2Cl)n1-c1ccc(Cl)c(Cl)c1)Nc1ccccc1C(F)(F)F. The minimum atomic E-state index is -4.64. The molecule has 0 radical (unpaired) electrons. The molecule has 208 valence electrons. The number of nitrogens with zero attached hydrogens (tertiary/aromatic N) is 3. The van der Waals surface area contributed by atoms with E-state index < -0.39 is 23.6 Å². The molecule has 1 heterocycles. The molecule has 1 aromatic heterocycles. The van der Waals surface area contributed by atoms with Gasteiger partial charge in [0.15, 0.2) is 11.0 Å². The number of anilines is 1. The maximum absolute atomic E-state index is 13.3. The van der Waals surface area contributed by atoms with Crippen molar-refractivity contribution in [1.82, 2.24) is 20.1 Å². The number of nitrogens with one attached hydrogen (secondary N) is 2. The van der Waals surface area contributed by atoms with Crippen LogP contribution in [0.4, 0.5) is 18.9 Å². The van der Waals surface area contributed by atoms with E-state index in [1.54, 1.807) is 18.2 Å². The predicted octanol–water partition coefficient (Wildman–Crippen LogP) is 7.56. The molecule has 0 aliphatic rings. The van der Waals surface area contributed by atoms with Crippen molar-refractivity contribution in [3.05, 3.63) is 97.7 Å². The van der Waals surface area contributed by atoms with Crippen molar-refractivity contribution >= 4 is 75.7 Å². The van der Waals surface area contributed by atoms with Crippen molar-refractivity contribution in [1.29, 1.82) is 0 Å². The molecule has 4 rings (SSSR count). The third-order valence-electron chi connectivity index (χ3n) is 5.28. The van der Waals surface area contributed by atoms with E-state index in [1.165, 1.54) is 34.9 Å². The Kier molecular flexibility index (Phi) is 9.52. The monoisotopic (exact) mass is 647 g/mol. The molecular weight excluding hydrogens is 633 g/mol. The molecule has 0 fully saturated rings. The van der Waals surface area contributed by atoms with E-state index in [2.05, 4.69) is 20.8 Å². The lowest BCUT2D eigenvalue weighted by Gasteiger charge is -2.14. The van der Waals surface area contributed by atoms with Gasteiger partial charge in [-0.15, -0.1) is 10.2 Å². The van der Waals surface area contributed by atoms with Crippen LogP contribution in [-0.4, -0.2) is 32.3 Å². The van der Waals surface area contributed by atoms with Gasteiger partial charge in [-0.2, -0.15) is 13.2 Å². The van der Waals surface area contributed by atoms with Crippen LogP contribution in [0.15, 0.2) is 65.8 Å². The maximum atomic E-state index is 13.3. The molecule has 0 bridgehead atoms. The summed E-state index contributed by atoms with van der Waals surface area (Å²) in [6.45, 7) is -0.100. The molecule has 0 saturated heterocycles. The van der Waals surface area contributed by atoms with Crippen LogP contribution in [0.1, 0.15) is 21.7 Å². The van der Waals surface area contributed by atoms with Crippen molar-refractivity contribution in [3.8, 4) is 5.69 Å². The predicted molar refractivity (Wildman–Crippen MR) is 150 cm³/mol. The van der Waals surface area contributed by atoms with Crippen molar-refractivity contribution in [2.75, 3.05) is 11.1 Å². The van der Waals surface area contributed by atoms with Gasteiger partial charge in [-0.1, -0.05) is 70.3 Å². The van der Waals surface area contributed by atoms with E-state index in [-0.39, 0.29) is 44.6 Å². The summed E-state index contributed by atoms with van der Waals surface area (Å²) in [5, 5.41) is 14.5. The summed E-state index contributed by atoms with van der Waals surface area (Å²) in [5.41, 5.74) is -0.669. The van der Waals surface area contributed by atoms with E-state index in [4.69, 9.17) is 46.4 Å². The highest BCUT2D eigenvalue weighted by Crippen LogP contribution is 2.35. The van der Waals surface area contributed by atoms with Gasteiger partial charge in [0.05, 0.1) is 49.9 Å². The van der Waals surface area contributed by atoms with Gasteiger partial charge in [0.25, 0.3) is 5.91 Å². The molecule has 0 atom stereocenters. The minimum absolute atomic E-state index is 0.100. The summed E-state index contributed by atoms with van der Waals surface area (Å²) in [6, 6.07) is 13.8. The molecule has 2 N–H and O–H groups in total. The molecule has 4 aromatic rings. The Labute approximate surface area is 250 Å². The first kappa shape index (κ1) is 30.0. The fourth-order valence-electron chi connectivity index (χ4n) is 3.48. The molecule has 0 saturated carbocycles. The zero-order valence-corrected chi connectivity index (χ0v) is 23.7. The van der Waals surface area contributed by atoms with Gasteiger partial charge >= 0.3 is 6.18 Å². The molecule has 0 aliphatic carbocycles. The van der Waals surface area contributed by atoms with Gasteiger partial charge in [0.2, 0.25) is 5.91 Å². The minimum Gasteiger partial charge on any atom is -0.345 e. The number of hydrogen-bond acceptors (Lipinski definition) is 5. The first-order valence-corrected chi connectivity index (χ1v) is 13.7. The summed E-state index contributed by atoms with van der Waals surface area (Å²) in [7, 11) is 0. The normalized spacial score (nSPS) is 11.4. The van der Waals surface area contributed by atoms with Gasteiger partial charge in [0.1, 0.15) is 0 Å². The Hall–Kier alpha value is -2.96. The molecule has 15 heteroatoms. The number of aromatic nitrogens is 3. The van der Waals surface area contributed by atoms with Crippen LogP contribution in [0.3, 0.4) is 0 Å². The average Bonchev–Trinajstić information content (AvgIpc) is 3.30. The second-order valence-corrected chi connectivity index (χ2v) is 10.6. The Morgan fingerprint density at radius 2 is 1.65 bits per heavy atom.